The molecule has 1 spiro atoms. The lowest BCUT2D eigenvalue weighted by Gasteiger charge is -2.40. The van der Waals surface area contributed by atoms with Crippen LogP contribution in [0.2, 0.25) is 0 Å². The molecule has 1 fully saturated rings. The van der Waals surface area contributed by atoms with Crippen LogP contribution in [0.15, 0.2) is 24.3 Å². The summed E-state index contributed by atoms with van der Waals surface area (Å²) in [6.07, 6.45) is -1.82. The molecule has 2 aromatic heterocycles. The third-order valence-electron chi connectivity index (χ3n) is 4.68. The second kappa shape index (κ2) is 5.82. The Labute approximate surface area is 141 Å². The molecule has 7 heteroatoms. The minimum Gasteiger partial charge on any atom is -0.369 e. The van der Waals surface area contributed by atoms with Gasteiger partial charge in [-0.15, -0.1) is 11.3 Å². The van der Waals surface area contributed by atoms with Crippen molar-refractivity contribution >= 4 is 11.3 Å². The van der Waals surface area contributed by atoms with Crippen LogP contribution in [0.25, 0.3) is 10.6 Å². The Balaban J connectivity index is 1.74. The highest BCUT2D eigenvalue weighted by Crippen LogP contribution is 2.46. The number of pyridine rings is 1. The molecule has 0 radical (unpaired) electrons. The molecule has 128 valence electrons. The number of fused-ring (bicyclic) bond motifs is 2. The lowest BCUT2D eigenvalue weighted by atomic mass is 9.86. The van der Waals surface area contributed by atoms with Crippen molar-refractivity contribution in [3.8, 4) is 10.6 Å². The van der Waals surface area contributed by atoms with Crippen molar-refractivity contribution < 1.29 is 17.9 Å². The number of thiophene rings is 1. The number of ether oxygens (including phenoxy) is 1. The zero-order valence-corrected chi connectivity index (χ0v) is 13.8. The molecule has 0 saturated carbocycles. The van der Waals surface area contributed by atoms with Crippen LogP contribution in [0.4, 0.5) is 13.2 Å². The van der Waals surface area contributed by atoms with Gasteiger partial charge in [-0.2, -0.15) is 13.2 Å². The summed E-state index contributed by atoms with van der Waals surface area (Å²) >= 11 is 1.53. The molecular weight excluding hydrogens is 337 g/mol. The van der Waals surface area contributed by atoms with Gasteiger partial charge in [-0.05, 0) is 56.1 Å². The average molecular weight is 354 g/mol. The molecule has 2 aromatic rings. The molecule has 0 aliphatic carbocycles. The van der Waals surface area contributed by atoms with E-state index in [1.807, 2.05) is 6.07 Å². The highest BCUT2D eigenvalue weighted by atomic mass is 32.1. The van der Waals surface area contributed by atoms with E-state index in [4.69, 9.17) is 4.74 Å². The molecule has 4 rings (SSSR count). The number of hydrogen-bond donors (Lipinski definition) is 1. The number of rotatable bonds is 1. The first-order chi connectivity index (χ1) is 11.5. The van der Waals surface area contributed by atoms with Crippen molar-refractivity contribution in [1.82, 2.24) is 10.3 Å². The van der Waals surface area contributed by atoms with Gasteiger partial charge in [-0.3, -0.25) is 0 Å². The van der Waals surface area contributed by atoms with Crippen molar-refractivity contribution in [2.24, 2.45) is 0 Å². The van der Waals surface area contributed by atoms with Gasteiger partial charge in [0.05, 0.1) is 17.2 Å². The van der Waals surface area contributed by atoms with Gasteiger partial charge in [0.15, 0.2) is 0 Å². The minimum atomic E-state index is -4.42. The number of nitrogens with zero attached hydrogens (tertiary/aromatic N) is 1. The summed E-state index contributed by atoms with van der Waals surface area (Å²) in [5, 5.41) is 3.34. The number of halogens is 3. The Morgan fingerprint density at radius 3 is 2.75 bits per heavy atom. The van der Waals surface area contributed by atoms with E-state index in [2.05, 4.69) is 10.3 Å². The Bertz CT molecular complexity index is 751. The Morgan fingerprint density at radius 1 is 1.21 bits per heavy atom. The highest BCUT2D eigenvalue weighted by Gasteiger charge is 2.41. The Hall–Kier alpha value is -1.44. The fourth-order valence-corrected chi connectivity index (χ4v) is 4.86. The number of piperidine rings is 1. The first kappa shape index (κ1) is 16.1. The second-order valence-electron chi connectivity index (χ2n) is 6.21. The maximum Gasteiger partial charge on any atom is 0.433 e. The van der Waals surface area contributed by atoms with Gasteiger partial charge in [0, 0.05) is 4.88 Å². The van der Waals surface area contributed by atoms with Crippen LogP contribution in [-0.4, -0.2) is 24.7 Å². The van der Waals surface area contributed by atoms with Crippen LogP contribution in [0.1, 0.15) is 29.0 Å². The molecule has 24 heavy (non-hydrogen) atoms. The molecule has 0 atom stereocenters. The third-order valence-corrected chi connectivity index (χ3v) is 6.06. The van der Waals surface area contributed by atoms with E-state index in [1.54, 1.807) is 6.07 Å². The molecular formula is C17H17F3N2OS. The number of nitrogens with one attached hydrogen (secondary N) is 1. The predicted molar refractivity (Wildman–Crippen MR) is 86.0 cm³/mol. The van der Waals surface area contributed by atoms with E-state index in [0.717, 1.165) is 43.3 Å². The molecule has 2 aliphatic rings. The van der Waals surface area contributed by atoms with Crippen LogP contribution in [0.5, 0.6) is 0 Å². The van der Waals surface area contributed by atoms with Gasteiger partial charge >= 0.3 is 6.18 Å². The fourth-order valence-electron chi connectivity index (χ4n) is 3.48. The van der Waals surface area contributed by atoms with Gasteiger partial charge in [-0.25, -0.2) is 4.98 Å². The molecule has 0 aromatic carbocycles. The fraction of sp³-hybridized carbons (Fsp3) is 0.471. The van der Waals surface area contributed by atoms with Gasteiger partial charge in [0.1, 0.15) is 11.3 Å². The molecule has 3 nitrogen and oxygen atoms in total. The van der Waals surface area contributed by atoms with Gasteiger partial charge in [0.2, 0.25) is 0 Å². The molecule has 2 aliphatic heterocycles. The Kier molecular flexibility index (Phi) is 3.89. The summed E-state index contributed by atoms with van der Waals surface area (Å²) in [5.41, 5.74) is 0.457. The smallest absolute Gasteiger partial charge is 0.369 e. The Morgan fingerprint density at radius 2 is 2.00 bits per heavy atom. The average Bonchev–Trinajstić information content (AvgIpc) is 3.01. The van der Waals surface area contributed by atoms with Crippen LogP contribution < -0.4 is 5.32 Å². The van der Waals surface area contributed by atoms with Gasteiger partial charge < -0.3 is 10.1 Å². The summed E-state index contributed by atoms with van der Waals surface area (Å²) in [4.78, 5) is 5.78. The number of hydrogen-bond acceptors (Lipinski definition) is 4. The van der Waals surface area contributed by atoms with Crippen LogP contribution in [0, 0.1) is 0 Å². The first-order valence-corrected chi connectivity index (χ1v) is 8.82. The third kappa shape index (κ3) is 2.74. The van der Waals surface area contributed by atoms with Crippen LogP contribution in [-0.2, 0) is 22.9 Å². The number of aromatic nitrogens is 1. The SMILES string of the molecule is FC(F)(F)c1cccc(-c2cc3c(s2)C2(CCNCC2)OCC3)n1. The standard InChI is InChI=1S/C17H17F3N2OS/c18-17(19,20)14-3-1-2-12(22-14)13-10-11-4-9-23-16(15(11)24-13)5-7-21-8-6-16/h1-3,10,21H,4-9H2. The zero-order valence-electron chi connectivity index (χ0n) is 12.9. The highest BCUT2D eigenvalue weighted by molar-refractivity contribution is 7.15. The van der Waals surface area contributed by atoms with Crippen LogP contribution >= 0.6 is 11.3 Å². The number of alkyl halides is 3. The maximum atomic E-state index is 12.9. The molecule has 0 bridgehead atoms. The van der Waals surface area contributed by atoms with Crippen molar-refractivity contribution in [3.63, 3.8) is 0 Å². The normalized spacial score (nSPS) is 20.1. The molecule has 1 saturated heterocycles. The summed E-state index contributed by atoms with van der Waals surface area (Å²) in [6, 6.07) is 6.06. The van der Waals surface area contributed by atoms with Gasteiger partial charge in [0.25, 0.3) is 0 Å². The minimum absolute atomic E-state index is 0.274. The second-order valence-corrected chi connectivity index (χ2v) is 7.27. The van der Waals surface area contributed by atoms with Crippen molar-refractivity contribution in [2.75, 3.05) is 19.7 Å². The molecule has 0 amide bonds. The summed E-state index contributed by atoms with van der Waals surface area (Å²) in [7, 11) is 0. The van der Waals surface area contributed by atoms with Crippen LogP contribution in [0.3, 0.4) is 0 Å². The first-order valence-electron chi connectivity index (χ1n) is 8.00. The molecule has 4 heterocycles. The zero-order chi connectivity index (χ0) is 16.8. The summed E-state index contributed by atoms with van der Waals surface area (Å²) in [5.74, 6) is 0. The van der Waals surface area contributed by atoms with Crippen molar-refractivity contribution in [1.29, 1.82) is 0 Å². The summed E-state index contributed by atoms with van der Waals surface area (Å²) in [6.45, 7) is 2.46. The van der Waals surface area contributed by atoms with Crippen molar-refractivity contribution in [2.45, 2.75) is 31.0 Å². The van der Waals surface area contributed by atoms with Gasteiger partial charge in [-0.1, -0.05) is 6.07 Å². The van der Waals surface area contributed by atoms with E-state index < -0.39 is 11.9 Å². The van der Waals surface area contributed by atoms with E-state index in [-0.39, 0.29) is 5.60 Å². The van der Waals surface area contributed by atoms with E-state index in [0.29, 0.717) is 12.3 Å². The maximum absolute atomic E-state index is 12.9. The topological polar surface area (TPSA) is 34.1 Å². The van der Waals surface area contributed by atoms with Crippen molar-refractivity contribution in [3.05, 3.63) is 40.4 Å². The van der Waals surface area contributed by atoms with E-state index in [9.17, 15) is 13.2 Å². The van der Waals surface area contributed by atoms with E-state index >= 15 is 0 Å². The lowest BCUT2D eigenvalue weighted by molar-refractivity contribution is -0.141. The lowest BCUT2D eigenvalue weighted by Crippen LogP contribution is -2.43. The van der Waals surface area contributed by atoms with E-state index in [1.165, 1.54) is 27.8 Å². The predicted octanol–water partition coefficient (Wildman–Crippen LogP) is 3.98. The molecule has 0 unspecified atom stereocenters. The summed E-state index contributed by atoms with van der Waals surface area (Å²) < 4.78 is 44.9. The quantitative estimate of drug-likeness (QED) is 0.841. The largest absolute Gasteiger partial charge is 0.433 e. The monoisotopic (exact) mass is 354 g/mol. The molecule has 1 N–H and O–H groups in total.